The highest BCUT2D eigenvalue weighted by Crippen LogP contribution is 2.26. The van der Waals surface area contributed by atoms with E-state index in [-0.39, 0.29) is 11.4 Å². The van der Waals surface area contributed by atoms with Crippen molar-refractivity contribution in [1.82, 2.24) is 9.78 Å². The lowest BCUT2D eigenvalue weighted by Crippen LogP contribution is -2.02. The first kappa shape index (κ1) is 15.1. The van der Waals surface area contributed by atoms with Crippen LogP contribution in [0.3, 0.4) is 0 Å². The molecule has 1 unspecified atom stereocenters. The number of halogens is 1. The average molecular weight is 325 g/mol. The van der Waals surface area contributed by atoms with E-state index in [2.05, 4.69) is 5.10 Å². The topological polar surface area (TPSA) is 58.7 Å². The van der Waals surface area contributed by atoms with Gasteiger partial charge in [0.2, 0.25) is 0 Å². The highest BCUT2D eigenvalue weighted by molar-refractivity contribution is 7.84. The monoisotopic (exact) mass is 325 g/mol. The van der Waals surface area contributed by atoms with E-state index >= 15 is 0 Å². The van der Waals surface area contributed by atoms with E-state index in [1.807, 2.05) is 6.07 Å². The smallest absolute Gasteiger partial charge is 0.163 e. The van der Waals surface area contributed by atoms with E-state index in [1.54, 1.807) is 54.8 Å². The van der Waals surface area contributed by atoms with Gasteiger partial charge in [0.1, 0.15) is 17.6 Å². The maximum absolute atomic E-state index is 14.1. The van der Waals surface area contributed by atoms with Crippen LogP contribution in [0.25, 0.3) is 16.9 Å². The van der Waals surface area contributed by atoms with Gasteiger partial charge in [-0.25, -0.2) is 9.07 Å². The molecule has 23 heavy (non-hydrogen) atoms. The van der Waals surface area contributed by atoms with Gasteiger partial charge in [0, 0.05) is 33.6 Å². The Morgan fingerprint density at radius 2 is 1.87 bits per heavy atom. The van der Waals surface area contributed by atoms with E-state index in [9.17, 15) is 8.60 Å². The van der Waals surface area contributed by atoms with Gasteiger partial charge < -0.3 is 0 Å². The Hall–Kier alpha value is -2.78. The summed E-state index contributed by atoms with van der Waals surface area (Å²) in [6.07, 6.45) is 1.60. The van der Waals surface area contributed by atoms with Crippen molar-refractivity contribution in [1.29, 1.82) is 5.26 Å². The Kier molecular flexibility index (Phi) is 4.04. The van der Waals surface area contributed by atoms with Crippen molar-refractivity contribution in [3.05, 3.63) is 66.1 Å². The fourth-order valence-electron chi connectivity index (χ4n) is 2.27. The Morgan fingerprint density at radius 1 is 1.17 bits per heavy atom. The molecule has 3 rings (SSSR count). The van der Waals surface area contributed by atoms with Gasteiger partial charge in [-0.3, -0.25) is 4.21 Å². The van der Waals surface area contributed by atoms with Gasteiger partial charge in [-0.1, -0.05) is 24.3 Å². The molecule has 0 bridgehead atoms. The van der Waals surface area contributed by atoms with Gasteiger partial charge in [0.25, 0.3) is 0 Å². The minimum atomic E-state index is -1.07. The summed E-state index contributed by atoms with van der Waals surface area (Å²) in [5.74, 6) is -0.423. The number of hydrogen-bond donors (Lipinski definition) is 0. The van der Waals surface area contributed by atoms with Gasteiger partial charge in [0.05, 0.1) is 5.69 Å². The lowest BCUT2D eigenvalue weighted by molar-refractivity contribution is 0.611. The van der Waals surface area contributed by atoms with Crippen molar-refractivity contribution in [2.45, 2.75) is 4.90 Å². The number of nitriles is 1. The van der Waals surface area contributed by atoms with Gasteiger partial charge in [-0.2, -0.15) is 10.4 Å². The van der Waals surface area contributed by atoms with Crippen molar-refractivity contribution in [3.8, 4) is 23.0 Å². The van der Waals surface area contributed by atoms with E-state index in [1.165, 1.54) is 10.7 Å². The third-order valence-electron chi connectivity index (χ3n) is 3.39. The summed E-state index contributed by atoms with van der Waals surface area (Å²) in [7, 11) is -1.07. The van der Waals surface area contributed by atoms with E-state index in [0.29, 0.717) is 10.6 Å². The van der Waals surface area contributed by atoms with Crippen LogP contribution >= 0.6 is 0 Å². The zero-order valence-electron chi connectivity index (χ0n) is 12.2. The zero-order valence-corrected chi connectivity index (χ0v) is 13.0. The molecule has 0 aliphatic heterocycles. The normalized spacial score (nSPS) is 11.9. The third kappa shape index (κ3) is 2.91. The summed E-state index contributed by atoms with van der Waals surface area (Å²) in [4.78, 5) is 0.700. The highest BCUT2D eigenvalue weighted by Gasteiger charge is 2.14. The van der Waals surface area contributed by atoms with Crippen LogP contribution < -0.4 is 0 Å². The van der Waals surface area contributed by atoms with Crippen molar-refractivity contribution in [2.24, 2.45) is 0 Å². The summed E-state index contributed by atoms with van der Waals surface area (Å²) in [6, 6.07) is 16.9. The second-order valence-corrected chi connectivity index (χ2v) is 6.25. The molecule has 1 heterocycles. The summed E-state index contributed by atoms with van der Waals surface area (Å²) in [5, 5.41) is 13.2. The SMILES string of the molecule is CS(=O)c1ccc(-c2cc(C#N)nn2-c2ccccc2F)cc1. The number of rotatable bonds is 3. The van der Waals surface area contributed by atoms with E-state index in [4.69, 9.17) is 5.26 Å². The first-order valence-electron chi connectivity index (χ1n) is 6.79. The fraction of sp³-hybridized carbons (Fsp3) is 0.0588. The van der Waals surface area contributed by atoms with Crippen LogP contribution in [0, 0.1) is 17.1 Å². The predicted molar refractivity (Wildman–Crippen MR) is 86.0 cm³/mol. The molecule has 114 valence electrons. The predicted octanol–water partition coefficient (Wildman–Crippen LogP) is 3.29. The molecule has 0 saturated heterocycles. The standard InChI is InChI=1S/C17H12FN3OS/c1-23(22)14-8-6-12(7-9-14)17-10-13(11-19)20-21(17)16-5-3-2-4-15(16)18/h2-10H,1H3. The van der Waals surface area contributed by atoms with Crippen molar-refractivity contribution < 1.29 is 8.60 Å². The largest absolute Gasteiger partial charge is 0.255 e. The molecule has 0 amide bonds. The second kappa shape index (κ2) is 6.15. The van der Waals surface area contributed by atoms with Gasteiger partial charge >= 0.3 is 0 Å². The molecule has 3 aromatic rings. The number of benzene rings is 2. The highest BCUT2D eigenvalue weighted by atomic mass is 32.2. The molecule has 2 aromatic carbocycles. The molecular formula is C17H12FN3OS. The molecule has 1 atom stereocenters. The number of nitrogens with zero attached hydrogens (tertiary/aromatic N) is 3. The molecule has 0 spiro atoms. The maximum Gasteiger partial charge on any atom is 0.163 e. The van der Waals surface area contributed by atoms with Gasteiger partial charge in [-0.15, -0.1) is 0 Å². The molecule has 0 saturated carbocycles. The molecule has 6 heteroatoms. The van der Waals surface area contributed by atoms with E-state index in [0.717, 1.165) is 5.56 Å². The first-order valence-corrected chi connectivity index (χ1v) is 8.35. The molecule has 1 aromatic heterocycles. The summed E-state index contributed by atoms with van der Waals surface area (Å²) in [5.41, 5.74) is 1.83. The summed E-state index contributed by atoms with van der Waals surface area (Å²) < 4.78 is 27.0. The second-order valence-electron chi connectivity index (χ2n) is 4.87. The van der Waals surface area contributed by atoms with Crippen LogP contribution in [-0.2, 0) is 10.8 Å². The fourth-order valence-corrected chi connectivity index (χ4v) is 2.79. The Morgan fingerprint density at radius 3 is 2.48 bits per heavy atom. The third-order valence-corrected chi connectivity index (χ3v) is 4.32. The molecule has 0 aliphatic carbocycles. The lowest BCUT2D eigenvalue weighted by atomic mass is 10.1. The Labute approximate surface area is 135 Å². The van der Waals surface area contributed by atoms with Gasteiger partial charge in [-0.05, 0) is 24.3 Å². The van der Waals surface area contributed by atoms with Crippen molar-refractivity contribution >= 4 is 10.8 Å². The molecular weight excluding hydrogens is 313 g/mol. The molecule has 0 radical (unpaired) electrons. The summed E-state index contributed by atoms with van der Waals surface area (Å²) in [6.45, 7) is 0. The number of aromatic nitrogens is 2. The number of para-hydroxylation sites is 1. The quantitative estimate of drug-likeness (QED) is 0.742. The van der Waals surface area contributed by atoms with Crippen molar-refractivity contribution in [2.75, 3.05) is 6.26 Å². The van der Waals surface area contributed by atoms with E-state index < -0.39 is 16.6 Å². The minimum Gasteiger partial charge on any atom is -0.255 e. The Balaban J connectivity index is 2.16. The van der Waals surface area contributed by atoms with Crippen LogP contribution in [0.1, 0.15) is 5.69 Å². The maximum atomic E-state index is 14.1. The van der Waals surface area contributed by atoms with Crippen LogP contribution in [-0.4, -0.2) is 20.2 Å². The zero-order chi connectivity index (χ0) is 16.4. The van der Waals surface area contributed by atoms with Crippen LogP contribution in [0.5, 0.6) is 0 Å². The molecule has 4 nitrogen and oxygen atoms in total. The van der Waals surface area contributed by atoms with Crippen LogP contribution in [0.2, 0.25) is 0 Å². The minimum absolute atomic E-state index is 0.200. The van der Waals surface area contributed by atoms with Crippen LogP contribution in [0.4, 0.5) is 4.39 Å². The van der Waals surface area contributed by atoms with Crippen molar-refractivity contribution in [3.63, 3.8) is 0 Å². The first-order chi connectivity index (χ1) is 11.1. The van der Waals surface area contributed by atoms with Crippen LogP contribution in [0.15, 0.2) is 59.5 Å². The molecule has 0 aliphatic rings. The molecule has 0 fully saturated rings. The average Bonchev–Trinajstić information content (AvgIpc) is 2.99. The lowest BCUT2D eigenvalue weighted by Gasteiger charge is -2.08. The number of hydrogen-bond acceptors (Lipinski definition) is 3. The summed E-state index contributed by atoms with van der Waals surface area (Å²) >= 11 is 0. The Bertz CT molecular complexity index is 926. The van der Waals surface area contributed by atoms with Gasteiger partial charge in [0.15, 0.2) is 5.69 Å². The molecule has 0 N–H and O–H groups in total.